The summed E-state index contributed by atoms with van der Waals surface area (Å²) in [5.74, 6) is 1.17. The van der Waals surface area contributed by atoms with Crippen LogP contribution in [0.3, 0.4) is 0 Å². The molecule has 174 valence electrons. The smallest absolute Gasteiger partial charge is 0.224 e. The number of pyridine rings is 1. The van der Waals surface area contributed by atoms with Gasteiger partial charge in [0.25, 0.3) is 0 Å². The number of benzene rings is 1. The predicted octanol–water partition coefficient (Wildman–Crippen LogP) is 2.52. The van der Waals surface area contributed by atoms with E-state index in [9.17, 15) is 14.7 Å². The van der Waals surface area contributed by atoms with Gasteiger partial charge in [-0.25, -0.2) is 0 Å². The highest BCUT2D eigenvalue weighted by molar-refractivity contribution is 5.91. The Labute approximate surface area is 192 Å². The molecule has 2 fully saturated rings. The van der Waals surface area contributed by atoms with Crippen molar-refractivity contribution in [2.75, 3.05) is 11.9 Å². The molecule has 5 rings (SSSR count). The summed E-state index contributed by atoms with van der Waals surface area (Å²) in [6.07, 6.45) is 4.16. The van der Waals surface area contributed by atoms with Crippen molar-refractivity contribution in [1.82, 2.24) is 10.3 Å². The Morgan fingerprint density at radius 1 is 1.12 bits per heavy atom. The van der Waals surface area contributed by atoms with Crippen LogP contribution < -0.4 is 15.4 Å². The number of ether oxygens (including phenoxy) is 2. The van der Waals surface area contributed by atoms with E-state index in [0.29, 0.717) is 25.3 Å². The molecular weight excluding hydrogens is 422 g/mol. The van der Waals surface area contributed by atoms with Crippen LogP contribution in [0.1, 0.15) is 49.3 Å². The number of nitrogens with one attached hydrogen (secondary N) is 2. The summed E-state index contributed by atoms with van der Waals surface area (Å²) in [4.78, 5) is 29.0. The number of hydrogen-bond acceptors (Lipinski definition) is 6. The number of carbonyl (C=O) groups excluding carboxylic acids is 2. The summed E-state index contributed by atoms with van der Waals surface area (Å²) in [5.41, 5.74) is 2.53. The van der Waals surface area contributed by atoms with E-state index < -0.39 is 6.10 Å². The molecular formula is C25H29N3O5. The summed E-state index contributed by atoms with van der Waals surface area (Å²) >= 11 is 0. The number of aliphatic hydroxyl groups excluding tert-OH is 1. The van der Waals surface area contributed by atoms with Crippen LogP contribution in [0.25, 0.3) is 0 Å². The van der Waals surface area contributed by atoms with Gasteiger partial charge >= 0.3 is 0 Å². The molecule has 8 heteroatoms. The molecule has 0 spiro atoms. The number of rotatable bonds is 8. The number of nitrogens with zero attached hydrogens (tertiary/aromatic N) is 1. The van der Waals surface area contributed by atoms with Crippen LogP contribution in [-0.2, 0) is 20.9 Å². The lowest BCUT2D eigenvalue weighted by Gasteiger charge is -2.37. The van der Waals surface area contributed by atoms with Crippen LogP contribution in [0.4, 0.5) is 5.69 Å². The molecule has 1 saturated heterocycles. The lowest BCUT2D eigenvalue weighted by Crippen LogP contribution is -2.47. The van der Waals surface area contributed by atoms with Crippen LogP contribution in [-0.4, -0.2) is 46.8 Å². The van der Waals surface area contributed by atoms with E-state index in [1.54, 1.807) is 6.20 Å². The SMILES string of the molecule is O=C(C[C@H]1C[C@H]2c3cc(NC(=O)CC4CC4)ccc3O[C@H]2[C@@H](CO)O1)NCc1ccccn1. The Balaban J connectivity index is 1.24. The van der Waals surface area contributed by atoms with Gasteiger partial charge in [-0.15, -0.1) is 0 Å². The van der Waals surface area contributed by atoms with Crippen molar-refractivity contribution in [1.29, 1.82) is 0 Å². The van der Waals surface area contributed by atoms with Crippen molar-refractivity contribution in [2.24, 2.45) is 5.92 Å². The van der Waals surface area contributed by atoms with Gasteiger partial charge in [-0.1, -0.05) is 6.07 Å². The average molecular weight is 452 g/mol. The first-order valence-electron chi connectivity index (χ1n) is 11.6. The number of amides is 2. The average Bonchev–Trinajstić information content (AvgIpc) is 3.56. The van der Waals surface area contributed by atoms with Gasteiger partial charge < -0.3 is 25.2 Å². The third kappa shape index (κ3) is 5.17. The molecule has 4 atom stereocenters. The summed E-state index contributed by atoms with van der Waals surface area (Å²) in [6.45, 7) is 0.171. The molecule has 2 aliphatic heterocycles. The Hall–Kier alpha value is -2.97. The molecule has 3 aliphatic rings. The van der Waals surface area contributed by atoms with Gasteiger partial charge in [0, 0.05) is 29.8 Å². The van der Waals surface area contributed by atoms with Crippen molar-refractivity contribution in [3.63, 3.8) is 0 Å². The Bertz CT molecular complexity index is 1010. The minimum atomic E-state index is -0.516. The normalized spacial score (nSPS) is 25.5. The molecule has 3 N–H and O–H groups in total. The van der Waals surface area contributed by atoms with E-state index in [-0.39, 0.29) is 43.0 Å². The summed E-state index contributed by atoms with van der Waals surface area (Å²) in [5, 5.41) is 15.8. The second kappa shape index (κ2) is 9.49. The van der Waals surface area contributed by atoms with Crippen LogP contribution >= 0.6 is 0 Å². The van der Waals surface area contributed by atoms with Gasteiger partial charge in [-0.2, -0.15) is 0 Å². The monoisotopic (exact) mass is 451 g/mol. The second-order valence-electron chi connectivity index (χ2n) is 9.15. The standard InChI is InChI=1S/C25H29N3O5/c29-14-22-25-20(11-18(32-22)12-23(30)27-13-17-3-1-2-8-26-17)19-10-16(6-7-21(19)33-25)28-24(31)9-15-4-5-15/h1-3,6-8,10,15,18,20,22,25,29H,4-5,9,11-14H2,(H,27,30)(H,28,31)/t18-,20+,22-,25-/m1/s1. The number of aliphatic hydroxyl groups is 1. The van der Waals surface area contributed by atoms with E-state index >= 15 is 0 Å². The third-order valence-corrected chi connectivity index (χ3v) is 6.56. The zero-order valence-electron chi connectivity index (χ0n) is 18.4. The lowest BCUT2D eigenvalue weighted by atomic mass is 9.84. The van der Waals surface area contributed by atoms with Gasteiger partial charge in [0.15, 0.2) is 0 Å². The zero-order chi connectivity index (χ0) is 22.8. The molecule has 1 saturated carbocycles. The quantitative estimate of drug-likeness (QED) is 0.569. The lowest BCUT2D eigenvalue weighted by molar-refractivity contribution is -0.142. The largest absolute Gasteiger partial charge is 0.487 e. The van der Waals surface area contributed by atoms with Crippen LogP contribution in [0.2, 0.25) is 0 Å². The molecule has 2 amide bonds. The Morgan fingerprint density at radius 2 is 2.00 bits per heavy atom. The summed E-state index contributed by atoms with van der Waals surface area (Å²) in [7, 11) is 0. The van der Waals surface area contributed by atoms with Crippen molar-refractivity contribution in [2.45, 2.75) is 62.9 Å². The van der Waals surface area contributed by atoms with E-state index in [2.05, 4.69) is 15.6 Å². The van der Waals surface area contributed by atoms with Crippen molar-refractivity contribution in [3.05, 3.63) is 53.9 Å². The molecule has 0 unspecified atom stereocenters. The van der Waals surface area contributed by atoms with Crippen molar-refractivity contribution >= 4 is 17.5 Å². The molecule has 2 aromatic rings. The van der Waals surface area contributed by atoms with Gasteiger partial charge in [-0.3, -0.25) is 14.6 Å². The Kier molecular flexibility index (Phi) is 6.28. The highest BCUT2D eigenvalue weighted by Gasteiger charge is 2.46. The van der Waals surface area contributed by atoms with E-state index in [0.717, 1.165) is 35.5 Å². The first kappa shape index (κ1) is 21.9. The maximum atomic E-state index is 12.5. The summed E-state index contributed by atoms with van der Waals surface area (Å²) in [6, 6.07) is 11.2. The van der Waals surface area contributed by atoms with E-state index in [4.69, 9.17) is 9.47 Å². The number of fused-ring (bicyclic) bond motifs is 3. The minimum absolute atomic E-state index is 0.0141. The second-order valence-corrected chi connectivity index (χ2v) is 9.15. The van der Waals surface area contributed by atoms with Crippen molar-refractivity contribution in [3.8, 4) is 5.75 Å². The zero-order valence-corrected chi connectivity index (χ0v) is 18.4. The topological polar surface area (TPSA) is 110 Å². The number of hydrogen-bond donors (Lipinski definition) is 3. The minimum Gasteiger partial charge on any atom is -0.487 e. The van der Waals surface area contributed by atoms with E-state index in [1.807, 2.05) is 36.4 Å². The molecule has 8 nitrogen and oxygen atoms in total. The van der Waals surface area contributed by atoms with Gasteiger partial charge in [-0.05, 0) is 55.5 Å². The maximum absolute atomic E-state index is 12.5. The van der Waals surface area contributed by atoms with Gasteiger partial charge in [0.1, 0.15) is 18.0 Å². The molecule has 0 radical (unpaired) electrons. The van der Waals surface area contributed by atoms with Crippen LogP contribution in [0.15, 0.2) is 42.6 Å². The fourth-order valence-electron chi connectivity index (χ4n) is 4.73. The number of anilines is 1. The van der Waals surface area contributed by atoms with Crippen molar-refractivity contribution < 1.29 is 24.2 Å². The fraction of sp³-hybridized carbons (Fsp3) is 0.480. The first-order chi connectivity index (χ1) is 16.1. The molecule has 3 heterocycles. The van der Waals surface area contributed by atoms with Gasteiger partial charge in [0.2, 0.25) is 11.8 Å². The first-order valence-corrected chi connectivity index (χ1v) is 11.6. The Morgan fingerprint density at radius 3 is 2.76 bits per heavy atom. The molecule has 1 aromatic heterocycles. The molecule has 1 aromatic carbocycles. The highest BCUT2D eigenvalue weighted by Crippen LogP contribution is 2.47. The fourth-order valence-corrected chi connectivity index (χ4v) is 4.73. The number of carbonyl (C=O) groups is 2. The molecule has 0 bridgehead atoms. The van der Waals surface area contributed by atoms with Crippen LogP contribution in [0, 0.1) is 5.92 Å². The van der Waals surface area contributed by atoms with E-state index in [1.165, 1.54) is 0 Å². The molecule has 1 aliphatic carbocycles. The van der Waals surface area contributed by atoms with Crippen LogP contribution in [0.5, 0.6) is 5.75 Å². The highest BCUT2D eigenvalue weighted by atomic mass is 16.6. The molecule has 33 heavy (non-hydrogen) atoms. The predicted molar refractivity (Wildman–Crippen MR) is 121 cm³/mol. The number of aromatic nitrogens is 1. The van der Waals surface area contributed by atoms with Gasteiger partial charge in [0.05, 0.1) is 31.4 Å². The third-order valence-electron chi connectivity index (χ3n) is 6.56. The summed E-state index contributed by atoms with van der Waals surface area (Å²) < 4.78 is 12.1. The maximum Gasteiger partial charge on any atom is 0.224 e.